The molecule has 1 amide bonds. The Morgan fingerprint density at radius 1 is 0.439 bits per heavy atom. The van der Waals surface area contributed by atoms with Crippen molar-refractivity contribution in [3.63, 3.8) is 0 Å². The highest BCUT2D eigenvalue weighted by atomic mass is 16.7. The zero-order chi connectivity index (χ0) is 59.5. The highest BCUT2D eigenvalue weighted by Crippen LogP contribution is 2.30. The van der Waals surface area contributed by atoms with Crippen molar-refractivity contribution in [2.45, 2.75) is 344 Å². The van der Waals surface area contributed by atoms with Gasteiger partial charge in [0.25, 0.3) is 0 Å². The molecule has 9 N–H and O–H groups in total. The molecular formula is C68H123NO13. The fraction of sp³-hybridized carbons (Fsp3) is 0.838. The van der Waals surface area contributed by atoms with Crippen LogP contribution < -0.4 is 5.32 Å². The third-order valence-corrected chi connectivity index (χ3v) is 16.2. The number of ether oxygens (including phenoxy) is 4. The van der Waals surface area contributed by atoms with Gasteiger partial charge in [-0.2, -0.15) is 0 Å². The summed E-state index contributed by atoms with van der Waals surface area (Å²) in [7, 11) is 0. The van der Waals surface area contributed by atoms with Gasteiger partial charge < -0.3 is 65.1 Å². The Balaban J connectivity index is 1.64. The molecule has 12 unspecified atom stereocenters. The first kappa shape index (κ1) is 75.8. The second-order valence-corrected chi connectivity index (χ2v) is 23.6. The molecular weight excluding hydrogens is 1040 g/mol. The molecule has 82 heavy (non-hydrogen) atoms. The lowest BCUT2D eigenvalue weighted by atomic mass is 9.97. The smallest absolute Gasteiger partial charge is 0.220 e. The van der Waals surface area contributed by atoms with Crippen LogP contribution in [0.1, 0.15) is 271 Å². The number of amides is 1. The molecule has 14 heteroatoms. The van der Waals surface area contributed by atoms with Crippen LogP contribution in [0.15, 0.2) is 60.8 Å². The van der Waals surface area contributed by atoms with Crippen LogP contribution in [0.3, 0.4) is 0 Å². The van der Waals surface area contributed by atoms with Crippen molar-refractivity contribution < 1.29 is 64.6 Å². The number of allylic oxidation sites excluding steroid dienone is 9. The molecule has 2 aliphatic rings. The summed E-state index contributed by atoms with van der Waals surface area (Å²) in [4.78, 5) is 13.3. The lowest BCUT2D eigenvalue weighted by Gasteiger charge is -2.46. The average Bonchev–Trinajstić information content (AvgIpc) is 3.60. The predicted molar refractivity (Wildman–Crippen MR) is 332 cm³/mol. The number of hydrogen-bond acceptors (Lipinski definition) is 13. The lowest BCUT2D eigenvalue weighted by molar-refractivity contribution is -0.359. The maximum atomic E-state index is 13.3. The number of unbranched alkanes of at least 4 members (excludes halogenated alkanes) is 33. The number of carbonyl (C=O) groups is 1. The Kier molecular flexibility index (Phi) is 49.0. The normalized spacial score (nSPS) is 24.3. The summed E-state index contributed by atoms with van der Waals surface area (Å²) < 4.78 is 22.8. The molecule has 2 heterocycles. The molecule has 478 valence electrons. The Bertz CT molecular complexity index is 1610. The zero-order valence-corrected chi connectivity index (χ0v) is 51.7. The molecule has 0 aromatic carbocycles. The van der Waals surface area contributed by atoms with Crippen LogP contribution in [0.25, 0.3) is 0 Å². The first-order valence-corrected chi connectivity index (χ1v) is 33.5. The molecule has 0 radical (unpaired) electrons. The summed E-state index contributed by atoms with van der Waals surface area (Å²) in [5.74, 6) is -0.251. The van der Waals surface area contributed by atoms with E-state index in [1.807, 2.05) is 6.08 Å². The van der Waals surface area contributed by atoms with Crippen LogP contribution in [0.4, 0.5) is 0 Å². The third kappa shape index (κ3) is 37.3. The van der Waals surface area contributed by atoms with Crippen molar-refractivity contribution in [3.05, 3.63) is 60.8 Å². The van der Waals surface area contributed by atoms with Gasteiger partial charge in [0.15, 0.2) is 12.6 Å². The second kappa shape index (κ2) is 53.0. The number of carbonyl (C=O) groups excluding carboxylic acids is 1. The number of aliphatic hydroxyl groups excluding tert-OH is 8. The summed E-state index contributed by atoms with van der Waals surface area (Å²) in [6.07, 6.45) is 52.9. The van der Waals surface area contributed by atoms with E-state index in [0.29, 0.717) is 12.8 Å². The molecule has 14 nitrogen and oxygen atoms in total. The van der Waals surface area contributed by atoms with E-state index in [1.165, 1.54) is 186 Å². The minimum absolute atomic E-state index is 0.251. The van der Waals surface area contributed by atoms with Gasteiger partial charge >= 0.3 is 0 Å². The Morgan fingerprint density at radius 3 is 1.27 bits per heavy atom. The summed E-state index contributed by atoms with van der Waals surface area (Å²) >= 11 is 0. The Morgan fingerprint density at radius 2 is 0.817 bits per heavy atom. The molecule has 0 aromatic heterocycles. The maximum Gasteiger partial charge on any atom is 0.220 e. The molecule has 0 spiro atoms. The van der Waals surface area contributed by atoms with E-state index < -0.39 is 86.8 Å². The maximum absolute atomic E-state index is 13.3. The quantitative estimate of drug-likeness (QED) is 0.0204. The van der Waals surface area contributed by atoms with E-state index in [0.717, 1.165) is 51.4 Å². The topological polar surface area (TPSA) is 228 Å². The van der Waals surface area contributed by atoms with Crippen LogP contribution in [-0.2, 0) is 23.7 Å². The molecule has 2 aliphatic heterocycles. The molecule has 0 bridgehead atoms. The van der Waals surface area contributed by atoms with E-state index in [2.05, 4.69) is 67.8 Å². The van der Waals surface area contributed by atoms with Crippen molar-refractivity contribution in [3.8, 4) is 0 Å². The summed E-state index contributed by atoms with van der Waals surface area (Å²) in [5.41, 5.74) is 0. The molecule has 0 saturated carbocycles. The first-order chi connectivity index (χ1) is 40.1. The number of nitrogens with one attached hydrogen (secondary N) is 1. The highest BCUT2D eigenvalue weighted by molar-refractivity contribution is 5.76. The number of rotatable bonds is 54. The van der Waals surface area contributed by atoms with Crippen LogP contribution in [0, 0.1) is 0 Å². The van der Waals surface area contributed by atoms with Crippen molar-refractivity contribution in [1.82, 2.24) is 5.32 Å². The fourth-order valence-corrected chi connectivity index (χ4v) is 10.8. The molecule has 0 aromatic rings. The predicted octanol–water partition coefficient (Wildman–Crippen LogP) is 12.9. The highest BCUT2D eigenvalue weighted by Gasteiger charge is 2.51. The second-order valence-electron chi connectivity index (χ2n) is 23.6. The van der Waals surface area contributed by atoms with E-state index >= 15 is 0 Å². The molecule has 2 saturated heterocycles. The minimum atomic E-state index is -1.79. The molecule has 2 rings (SSSR count). The minimum Gasteiger partial charge on any atom is -0.394 e. The van der Waals surface area contributed by atoms with E-state index in [4.69, 9.17) is 18.9 Å². The van der Waals surface area contributed by atoms with Gasteiger partial charge in [-0.1, -0.05) is 248 Å². The average molecular weight is 1160 g/mol. The molecule has 2 fully saturated rings. The van der Waals surface area contributed by atoms with Gasteiger partial charge in [0, 0.05) is 6.42 Å². The largest absolute Gasteiger partial charge is 0.394 e. The van der Waals surface area contributed by atoms with Gasteiger partial charge in [-0.05, 0) is 77.0 Å². The van der Waals surface area contributed by atoms with Crippen LogP contribution in [0.2, 0.25) is 0 Å². The summed E-state index contributed by atoms with van der Waals surface area (Å²) in [5, 5.41) is 87.2. The van der Waals surface area contributed by atoms with Gasteiger partial charge in [-0.3, -0.25) is 4.79 Å². The SMILES string of the molecule is CCCCCCC/C=C\C/C=C\CCCCCCCCCCCCCCCCCCCCCCCC(=O)NC(COC1OC(CO)C(OC2OC(CO)C(O)C(O)C2O)C(O)C1O)C(O)/C=C/CC/C=C/CC/C=C/CCCCCCC. The first-order valence-electron chi connectivity index (χ1n) is 33.5. The van der Waals surface area contributed by atoms with Crippen LogP contribution >= 0.6 is 0 Å². The van der Waals surface area contributed by atoms with Gasteiger partial charge in [0.05, 0.1) is 32.0 Å². The Labute approximate surface area is 498 Å². The van der Waals surface area contributed by atoms with E-state index in [9.17, 15) is 45.6 Å². The van der Waals surface area contributed by atoms with Gasteiger partial charge in [0.1, 0.15) is 48.8 Å². The van der Waals surface area contributed by atoms with Crippen molar-refractivity contribution in [1.29, 1.82) is 0 Å². The zero-order valence-electron chi connectivity index (χ0n) is 51.7. The molecule has 12 atom stereocenters. The van der Waals surface area contributed by atoms with Crippen molar-refractivity contribution in [2.24, 2.45) is 0 Å². The van der Waals surface area contributed by atoms with Crippen LogP contribution in [0.5, 0.6) is 0 Å². The van der Waals surface area contributed by atoms with Gasteiger partial charge in [-0.15, -0.1) is 0 Å². The van der Waals surface area contributed by atoms with E-state index in [-0.39, 0.29) is 18.9 Å². The number of aliphatic hydroxyl groups is 8. The monoisotopic (exact) mass is 1160 g/mol. The van der Waals surface area contributed by atoms with Crippen LogP contribution in [-0.4, -0.2) is 140 Å². The van der Waals surface area contributed by atoms with E-state index in [1.54, 1.807) is 6.08 Å². The van der Waals surface area contributed by atoms with Crippen molar-refractivity contribution in [2.75, 3.05) is 19.8 Å². The summed E-state index contributed by atoms with van der Waals surface area (Å²) in [6, 6.07) is -0.938. The number of hydrogen-bond donors (Lipinski definition) is 9. The summed E-state index contributed by atoms with van der Waals surface area (Å²) in [6.45, 7) is 2.76. The lowest BCUT2D eigenvalue weighted by Crippen LogP contribution is -2.65. The molecule has 0 aliphatic carbocycles. The fourth-order valence-electron chi connectivity index (χ4n) is 10.8. The van der Waals surface area contributed by atoms with Crippen molar-refractivity contribution >= 4 is 5.91 Å². The Hall–Kier alpha value is -2.31. The third-order valence-electron chi connectivity index (χ3n) is 16.2. The standard InChI is InChI=1S/C68H123NO13/c1-3-5-7-9-11-13-15-17-19-20-21-22-23-24-25-26-27-28-29-30-31-32-33-34-35-36-38-40-42-44-46-48-50-52-60(73)69-56(57(72)51-49-47-45-43-41-39-37-18-16-14-12-10-8-6-4-2)55-79-67-65(78)63(76)66(59(54-71)81-67)82-68-64(77)62(75)61(74)58(53-70)80-68/h15-18,20-21,41,43,49,51,56-59,61-68,70-72,74-78H,3-14,19,22-40,42,44-48,50,52-55H2,1-2H3,(H,69,73)/b17-15-,18-16+,21-20-,43-41+,51-49+. The van der Waals surface area contributed by atoms with Gasteiger partial charge in [0.2, 0.25) is 5.91 Å². The van der Waals surface area contributed by atoms with Gasteiger partial charge in [-0.25, -0.2) is 0 Å².